The molecule has 1 aromatic rings. The summed E-state index contributed by atoms with van der Waals surface area (Å²) < 4.78 is 11.2. The van der Waals surface area contributed by atoms with Gasteiger partial charge in [0.1, 0.15) is 11.9 Å². The minimum atomic E-state index is -0.558. The molecule has 0 aliphatic carbocycles. The summed E-state index contributed by atoms with van der Waals surface area (Å²) in [4.78, 5) is 24.8. The highest BCUT2D eigenvalue weighted by Gasteiger charge is 2.33. The van der Waals surface area contributed by atoms with E-state index in [0.29, 0.717) is 19.6 Å². The molecule has 0 bridgehead atoms. The maximum absolute atomic E-state index is 12.9. The molecule has 0 spiro atoms. The minimum Gasteiger partial charge on any atom is -0.497 e. The van der Waals surface area contributed by atoms with E-state index in [-0.39, 0.29) is 28.7 Å². The molecule has 2 amide bonds. The van der Waals surface area contributed by atoms with Crippen molar-refractivity contribution in [2.24, 2.45) is 10.8 Å². The van der Waals surface area contributed by atoms with Gasteiger partial charge < -0.3 is 20.1 Å². The van der Waals surface area contributed by atoms with Crippen LogP contribution in [-0.2, 0) is 20.9 Å². The van der Waals surface area contributed by atoms with Crippen LogP contribution in [-0.4, -0.2) is 49.1 Å². The van der Waals surface area contributed by atoms with Crippen molar-refractivity contribution in [2.75, 3.05) is 25.2 Å². The van der Waals surface area contributed by atoms with Crippen LogP contribution in [0.5, 0.6) is 5.75 Å². The SMILES string of the molecule is COc1ccc(CO[C@H](C(=O)N[C@H](C)CSSCCNC(=O)CC(C)(C)C)C(C)(C)C)cc1. The summed E-state index contributed by atoms with van der Waals surface area (Å²) in [5.74, 6) is 2.40. The molecule has 0 aliphatic heterocycles. The monoisotopic (exact) mass is 498 g/mol. The smallest absolute Gasteiger partial charge is 0.249 e. The van der Waals surface area contributed by atoms with Gasteiger partial charge in [-0.15, -0.1) is 0 Å². The summed E-state index contributed by atoms with van der Waals surface area (Å²) >= 11 is 0. The largest absolute Gasteiger partial charge is 0.497 e. The van der Waals surface area contributed by atoms with Crippen molar-refractivity contribution < 1.29 is 19.1 Å². The van der Waals surface area contributed by atoms with Gasteiger partial charge in [-0.1, -0.05) is 75.3 Å². The highest BCUT2D eigenvalue weighted by molar-refractivity contribution is 8.76. The fourth-order valence-corrected chi connectivity index (χ4v) is 5.16. The summed E-state index contributed by atoms with van der Waals surface area (Å²) in [6, 6.07) is 7.67. The molecule has 1 rings (SSSR count). The normalized spacial score (nSPS) is 13.8. The molecular weight excluding hydrogens is 456 g/mol. The van der Waals surface area contributed by atoms with Crippen molar-refractivity contribution >= 4 is 33.4 Å². The molecule has 2 atom stereocenters. The molecule has 0 fully saturated rings. The summed E-state index contributed by atoms with van der Waals surface area (Å²) in [6.07, 6.45) is -0.0265. The summed E-state index contributed by atoms with van der Waals surface area (Å²) in [7, 11) is 5.04. The van der Waals surface area contributed by atoms with Crippen LogP contribution in [0.25, 0.3) is 0 Å². The zero-order chi connectivity index (χ0) is 25.1. The Hall–Kier alpha value is -1.38. The number of benzene rings is 1. The van der Waals surface area contributed by atoms with Crippen molar-refractivity contribution in [2.45, 2.75) is 73.6 Å². The molecule has 0 heterocycles. The second-order valence-electron chi connectivity index (χ2n) is 10.5. The molecule has 0 radical (unpaired) electrons. The highest BCUT2D eigenvalue weighted by Crippen LogP contribution is 2.25. The molecule has 0 saturated carbocycles. The lowest BCUT2D eigenvalue weighted by Crippen LogP contribution is -2.47. The van der Waals surface area contributed by atoms with Crippen LogP contribution in [0.3, 0.4) is 0 Å². The number of carbonyl (C=O) groups excluding carboxylic acids is 2. The van der Waals surface area contributed by atoms with Crippen LogP contribution in [0, 0.1) is 10.8 Å². The summed E-state index contributed by atoms with van der Waals surface area (Å²) in [6.45, 7) is 15.2. The second-order valence-corrected chi connectivity index (χ2v) is 13.1. The van der Waals surface area contributed by atoms with Gasteiger partial charge in [0.25, 0.3) is 0 Å². The fraction of sp³-hybridized carbons (Fsp3) is 0.680. The van der Waals surface area contributed by atoms with Gasteiger partial charge in [0.2, 0.25) is 11.8 Å². The molecule has 6 nitrogen and oxygen atoms in total. The van der Waals surface area contributed by atoms with Crippen LogP contribution in [0.2, 0.25) is 0 Å². The molecule has 0 unspecified atom stereocenters. The van der Waals surface area contributed by atoms with Gasteiger partial charge >= 0.3 is 0 Å². The van der Waals surface area contributed by atoms with Gasteiger partial charge in [-0.3, -0.25) is 9.59 Å². The molecule has 8 heteroatoms. The Bertz CT molecular complexity index is 727. The molecular formula is C25H42N2O4S2. The van der Waals surface area contributed by atoms with E-state index in [1.807, 2.05) is 52.0 Å². The van der Waals surface area contributed by atoms with Crippen molar-refractivity contribution in [3.63, 3.8) is 0 Å². The standard InChI is InChI=1S/C25H42N2O4S2/c1-18(17-33-32-14-13-26-21(28)15-24(2,3)4)27-23(29)22(25(5,6)7)31-16-19-9-11-20(30-8)12-10-19/h9-12,18,22H,13-17H2,1-8H3,(H,26,28)(H,27,29)/t18-,22-/m1/s1. The van der Waals surface area contributed by atoms with Crippen LogP contribution in [0.15, 0.2) is 24.3 Å². The Morgan fingerprint density at radius 3 is 2.21 bits per heavy atom. The van der Waals surface area contributed by atoms with E-state index in [4.69, 9.17) is 9.47 Å². The zero-order valence-electron chi connectivity index (χ0n) is 21.4. The van der Waals surface area contributed by atoms with E-state index in [0.717, 1.165) is 22.8 Å². The Kier molecular flexibility index (Phi) is 12.7. The fourth-order valence-electron chi connectivity index (χ4n) is 2.97. The molecule has 0 aromatic heterocycles. The predicted octanol–water partition coefficient (Wildman–Crippen LogP) is 5.07. The van der Waals surface area contributed by atoms with E-state index < -0.39 is 6.10 Å². The number of carbonyl (C=O) groups is 2. The third kappa shape index (κ3) is 13.2. The van der Waals surface area contributed by atoms with E-state index in [9.17, 15) is 9.59 Å². The minimum absolute atomic E-state index is 0.00286. The highest BCUT2D eigenvalue weighted by atomic mass is 33.1. The second kappa shape index (κ2) is 14.1. The number of nitrogens with one attached hydrogen (secondary N) is 2. The average molecular weight is 499 g/mol. The number of amides is 2. The first-order chi connectivity index (χ1) is 15.3. The first-order valence-corrected chi connectivity index (χ1v) is 13.9. The van der Waals surface area contributed by atoms with E-state index >= 15 is 0 Å². The third-order valence-corrected chi connectivity index (χ3v) is 7.17. The predicted molar refractivity (Wildman–Crippen MR) is 141 cm³/mol. The molecule has 188 valence electrons. The van der Waals surface area contributed by atoms with E-state index in [2.05, 4.69) is 31.4 Å². The molecule has 0 aliphatic rings. The quantitative estimate of drug-likeness (QED) is 0.292. The molecule has 33 heavy (non-hydrogen) atoms. The van der Waals surface area contributed by atoms with Crippen molar-refractivity contribution in [1.82, 2.24) is 10.6 Å². The van der Waals surface area contributed by atoms with Crippen molar-refractivity contribution in [3.8, 4) is 5.75 Å². The third-order valence-electron chi connectivity index (χ3n) is 4.59. The van der Waals surface area contributed by atoms with E-state index in [1.165, 1.54) is 0 Å². The first kappa shape index (κ1) is 29.7. The Labute approximate surface area is 208 Å². The number of ether oxygens (including phenoxy) is 2. The lowest BCUT2D eigenvalue weighted by atomic mass is 9.88. The zero-order valence-corrected chi connectivity index (χ0v) is 23.1. The van der Waals surface area contributed by atoms with Gasteiger partial charge in [-0.05, 0) is 35.4 Å². The number of rotatable bonds is 13. The Morgan fingerprint density at radius 1 is 1.03 bits per heavy atom. The van der Waals surface area contributed by atoms with Gasteiger partial charge in [0.05, 0.1) is 13.7 Å². The van der Waals surface area contributed by atoms with Gasteiger partial charge in [-0.25, -0.2) is 0 Å². The lowest BCUT2D eigenvalue weighted by Gasteiger charge is -2.30. The maximum atomic E-state index is 12.9. The number of methoxy groups -OCH3 is 1. The maximum Gasteiger partial charge on any atom is 0.249 e. The van der Waals surface area contributed by atoms with E-state index in [1.54, 1.807) is 28.7 Å². The topological polar surface area (TPSA) is 76.7 Å². The molecule has 1 aromatic carbocycles. The van der Waals surface area contributed by atoms with Crippen molar-refractivity contribution in [1.29, 1.82) is 0 Å². The Balaban J connectivity index is 2.37. The first-order valence-electron chi connectivity index (χ1n) is 11.4. The number of hydrogen-bond donors (Lipinski definition) is 2. The molecule has 2 N–H and O–H groups in total. The van der Waals surface area contributed by atoms with Gasteiger partial charge in [0.15, 0.2) is 0 Å². The van der Waals surface area contributed by atoms with Crippen molar-refractivity contribution in [3.05, 3.63) is 29.8 Å². The van der Waals surface area contributed by atoms with Crippen LogP contribution in [0.1, 0.15) is 60.5 Å². The number of hydrogen-bond acceptors (Lipinski definition) is 6. The molecule has 0 saturated heterocycles. The lowest BCUT2D eigenvalue weighted by molar-refractivity contribution is -0.142. The summed E-state index contributed by atoms with van der Waals surface area (Å²) in [5.41, 5.74) is 0.666. The average Bonchev–Trinajstić information content (AvgIpc) is 2.68. The van der Waals surface area contributed by atoms with Crippen LogP contribution < -0.4 is 15.4 Å². The summed E-state index contributed by atoms with van der Waals surface area (Å²) in [5, 5.41) is 6.05. The van der Waals surface area contributed by atoms with Crippen LogP contribution in [0.4, 0.5) is 0 Å². The van der Waals surface area contributed by atoms with Gasteiger partial charge in [0, 0.05) is 30.5 Å². The van der Waals surface area contributed by atoms with Crippen LogP contribution >= 0.6 is 21.6 Å². The Morgan fingerprint density at radius 2 is 1.67 bits per heavy atom. The van der Waals surface area contributed by atoms with Gasteiger partial charge in [-0.2, -0.15) is 0 Å².